The lowest BCUT2D eigenvalue weighted by atomic mass is 10.0. The zero-order chi connectivity index (χ0) is 13.4. The molecule has 1 aromatic rings. The second-order valence-electron chi connectivity index (χ2n) is 4.31. The predicted octanol–water partition coefficient (Wildman–Crippen LogP) is 1.18. The highest BCUT2D eigenvalue weighted by atomic mass is 16.3. The van der Waals surface area contributed by atoms with Crippen molar-refractivity contribution in [2.75, 3.05) is 26.7 Å². The van der Waals surface area contributed by atoms with Gasteiger partial charge in [-0.25, -0.2) is 0 Å². The van der Waals surface area contributed by atoms with E-state index in [2.05, 4.69) is 5.32 Å². The highest BCUT2D eigenvalue weighted by molar-refractivity contribution is 5.77. The van der Waals surface area contributed by atoms with Gasteiger partial charge in [0.2, 0.25) is 5.91 Å². The predicted molar refractivity (Wildman–Crippen MR) is 72.2 cm³/mol. The fraction of sp³-hybridized carbons (Fsp3) is 0.500. The maximum atomic E-state index is 11.6. The average molecular weight is 250 g/mol. The van der Waals surface area contributed by atoms with Crippen LogP contribution >= 0.6 is 0 Å². The smallest absolute Gasteiger partial charge is 0.234 e. The summed E-state index contributed by atoms with van der Waals surface area (Å²) >= 11 is 0. The highest BCUT2D eigenvalue weighted by Gasteiger charge is 2.18. The largest absolute Gasteiger partial charge is 0.396 e. The van der Waals surface area contributed by atoms with Crippen molar-refractivity contribution in [2.24, 2.45) is 0 Å². The van der Waals surface area contributed by atoms with Gasteiger partial charge in [-0.05, 0) is 26.0 Å². The number of hydrogen-bond acceptors (Lipinski definition) is 3. The monoisotopic (exact) mass is 250 g/mol. The molecule has 4 heteroatoms. The third-order valence-corrected chi connectivity index (χ3v) is 2.89. The molecule has 0 aliphatic rings. The Bertz CT molecular complexity index is 354. The number of aliphatic hydroxyl groups is 1. The Morgan fingerprint density at radius 2 is 2.06 bits per heavy atom. The number of nitrogens with one attached hydrogen (secondary N) is 1. The number of nitrogens with zero attached hydrogens (tertiary/aromatic N) is 1. The molecule has 2 N–H and O–H groups in total. The second kappa shape index (κ2) is 7.84. The highest BCUT2D eigenvalue weighted by Crippen LogP contribution is 2.22. The van der Waals surface area contributed by atoms with Crippen LogP contribution in [0.4, 0.5) is 0 Å². The van der Waals surface area contributed by atoms with Crippen molar-refractivity contribution in [1.29, 1.82) is 0 Å². The van der Waals surface area contributed by atoms with Crippen LogP contribution in [0, 0.1) is 0 Å². The third kappa shape index (κ3) is 4.47. The molecule has 0 radical (unpaired) electrons. The Balaban J connectivity index is 2.69. The van der Waals surface area contributed by atoms with E-state index in [0.29, 0.717) is 19.5 Å². The molecule has 0 aromatic heterocycles. The molecule has 0 saturated heterocycles. The minimum Gasteiger partial charge on any atom is -0.396 e. The van der Waals surface area contributed by atoms with Gasteiger partial charge in [-0.15, -0.1) is 0 Å². The first kappa shape index (κ1) is 14.7. The Hall–Kier alpha value is -1.39. The van der Waals surface area contributed by atoms with E-state index in [9.17, 15) is 4.79 Å². The minimum absolute atomic E-state index is 0.0128. The molecule has 1 atom stereocenters. The van der Waals surface area contributed by atoms with Gasteiger partial charge in [0.05, 0.1) is 6.54 Å². The summed E-state index contributed by atoms with van der Waals surface area (Å²) in [5.74, 6) is 0.0128. The van der Waals surface area contributed by atoms with Crippen LogP contribution in [-0.2, 0) is 4.79 Å². The first-order chi connectivity index (χ1) is 8.69. The van der Waals surface area contributed by atoms with Crippen LogP contribution in [0.2, 0.25) is 0 Å². The summed E-state index contributed by atoms with van der Waals surface area (Å²) in [6.07, 6.45) is 0.625. The topological polar surface area (TPSA) is 52.6 Å². The fourth-order valence-electron chi connectivity index (χ4n) is 2.03. The lowest BCUT2D eigenvalue weighted by Gasteiger charge is -2.27. The molecule has 0 aliphatic heterocycles. The van der Waals surface area contributed by atoms with E-state index in [1.807, 2.05) is 49.2 Å². The van der Waals surface area contributed by atoms with Crippen LogP contribution in [0.1, 0.15) is 24.9 Å². The van der Waals surface area contributed by atoms with Gasteiger partial charge in [0, 0.05) is 19.2 Å². The summed E-state index contributed by atoms with van der Waals surface area (Å²) in [5.41, 5.74) is 1.12. The van der Waals surface area contributed by atoms with Crippen molar-refractivity contribution >= 4 is 5.91 Å². The summed E-state index contributed by atoms with van der Waals surface area (Å²) in [5, 5.41) is 11.9. The van der Waals surface area contributed by atoms with E-state index in [-0.39, 0.29) is 18.6 Å². The van der Waals surface area contributed by atoms with Gasteiger partial charge in [0.15, 0.2) is 0 Å². The Kier molecular flexibility index (Phi) is 6.39. The van der Waals surface area contributed by atoms with Gasteiger partial charge in [-0.2, -0.15) is 0 Å². The van der Waals surface area contributed by atoms with Crippen LogP contribution in [0.3, 0.4) is 0 Å². The van der Waals surface area contributed by atoms with Gasteiger partial charge in [0.25, 0.3) is 0 Å². The average Bonchev–Trinajstić information content (AvgIpc) is 2.37. The Morgan fingerprint density at radius 3 is 2.61 bits per heavy atom. The van der Waals surface area contributed by atoms with Gasteiger partial charge >= 0.3 is 0 Å². The SMILES string of the molecule is CCNC(=O)CN(C)C(CCO)c1ccccc1. The van der Waals surface area contributed by atoms with Crippen LogP contribution in [-0.4, -0.2) is 42.7 Å². The molecule has 4 nitrogen and oxygen atoms in total. The lowest BCUT2D eigenvalue weighted by molar-refractivity contribution is -0.122. The molecule has 0 aliphatic carbocycles. The van der Waals surface area contributed by atoms with E-state index in [0.717, 1.165) is 5.56 Å². The number of amides is 1. The molecule has 0 spiro atoms. The quantitative estimate of drug-likeness (QED) is 0.764. The molecular formula is C14H22N2O2. The first-order valence-corrected chi connectivity index (χ1v) is 6.31. The van der Waals surface area contributed by atoms with E-state index < -0.39 is 0 Å². The molecular weight excluding hydrogens is 228 g/mol. The van der Waals surface area contributed by atoms with Gasteiger partial charge in [-0.3, -0.25) is 9.69 Å². The normalized spacial score (nSPS) is 12.4. The maximum absolute atomic E-state index is 11.6. The number of carbonyl (C=O) groups is 1. The van der Waals surface area contributed by atoms with Crippen LogP contribution < -0.4 is 5.32 Å². The fourth-order valence-corrected chi connectivity index (χ4v) is 2.03. The number of aliphatic hydroxyl groups excluding tert-OH is 1. The van der Waals surface area contributed by atoms with Crippen molar-refractivity contribution in [2.45, 2.75) is 19.4 Å². The molecule has 0 heterocycles. The van der Waals surface area contributed by atoms with Crippen LogP contribution in [0.5, 0.6) is 0 Å². The lowest BCUT2D eigenvalue weighted by Crippen LogP contribution is -2.37. The minimum atomic E-state index is 0.0128. The van der Waals surface area contributed by atoms with E-state index >= 15 is 0 Å². The van der Waals surface area contributed by atoms with Crippen molar-refractivity contribution in [1.82, 2.24) is 10.2 Å². The van der Waals surface area contributed by atoms with Crippen LogP contribution in [0.25, 0.3) is 0 Å². The van der Waals surface area contributed by atoms with Gasteiger partial charge in [-0.1, -0.05) is 30.3 Å². The molecule has 1 amide bonds. The molecule has 18 heavy (non-hydrogen) atoms. The van der Waals surface area contributed by atoms with E-state index in [1.54, 1.807) is 0 Å². The molecule has 1 rings (SSSR count). The summed E-state index contributed by atoms with van der Waals surface area (Å²) in [7, 11) is 1.91. The van der Waals surface area contributed by atoms with Crippen molar-refractivity contribution in [3.8, 4) is 0 Å². The van der Waals surface area contributed by atoms with Crippen LogP contribution in [0.15, 0.2) is 30.3 Å². The summed E-state index contributed by atoms with van der Waals surface area (Å²) < 4.78 is 0. The van der Waals surface area contributed by atoms with Crippen molar-refractivity contribution < 1.29 is 9.90 Å². The maximum Gasteiger partial charge on any atom is 0.234 e. The summed E-state index contributed by atoms with van der Waals surface area (Å²) in [6, 6.07) is 10.0. The zero-order valence-electron chi connectivity index (χ0n) is 11.1. The molecule has 1 aromatic carbocycles. The Labute approximate surface area is 109 Å². The van der Waals surface area contributed by atoms with Crippen molar-refractivity contribution in [3.05, 3.63) is 35.9 Å². The number of benzene rings is 1. The van der Waals surface area contributed by atoms with Gasteiger partial charge < -0.3 is 10.4 Å². The van der Waals surface area contributed by atoms with Crippen molar-refractivity contribution in [3.63, 3.8) is 0 Å². The molecule has 0 bridgehead atoms. The summed E-state index contributed by atoms with van der Waals surface area (Å²) in [6.45, 7) is 3.00. The zero-order valence-corrected chi connectivity index (χ0v) is 11.1. The Morgan fingerprint density at radius 1 is 1.39 bits per heavy atom. The molecule has 0 fully saturated rings. The third-order valence-electron chi connectivity index (χ3n) is 2.89. The first-order valence-electron chi connectivity index (χ1n) is 6.31. The van der Waals surface area contributed by atoms with Gasteiger partial charge in [0.1, 0.15) is 0 Å². The van der Waals surface area contributed by atoms with E-state index in [1.165, 1.54) is 0 Å². The molecule has 100 valence electrons. The molecule has 1 unspecified atom stereocenters. The standard InChI is InChI=1S/C14H22N2O2/c1-3-15-14(18)11-16(2)13(9-10-17)12-7-5-4-6-8-12/h4-8,13,17H,3,9-11H2,1-2H3,(H,15,18). The number of rotatable bonds is 7. The molecule has 0 saturated carbocycles. The number of hydrogen-bond donors (Lipinski definition) is 2. The second-order valence-corrected chi connectivity index (χ2v) is 4.31. The number of likely N-dealkylation sites (N-methyl/N-ethyl adjacent to an activating group) is 2. The van der Waals surface area contributed by atoms with E-state index in [4.69, 9.17) is 5.11 Å². The number of carbonyl (C=O) groups excluding carboxylic acids is 1. The summed E-state index contributed by atoms with van der Waals surface area (Å²) in [4.78, 5) is 13.5.